The van der Waals surface area contributed by atoms with E-state index in [1.165, 1.54) is 0 Å². The van der Waals surface area contributed by atoms with Gasteiger partial charge >= 0.3 is 0 Å². The lowest BCUT2D eigenvalue weighted by Crippen LogP contribution is -2.58. The number of carbonyl (C=O) groups is 1. The first-order valence-electron chi connectivity index (χ1n) is 9.61. The molecule has 9 nitrogen and oxygen atoms in total. The van der Waals surface area contributed by atoms with Crippen molar-refractivity contribution in [2.24, 2.45) is 16.1 Å². The molecule has 31 heavy (non-hydrogen) atoms. The van der Waals surface area contributed by atoms with Gasteiger partial charge in [0.25, 0.3) is 24.1 Å². The average molecular weight is 429 g/mol. The number of carbonyl (C=O) groups excluding carboxylic acids is 1. The standard InChI is InChI=1S/C20H17F2N5O4/c1-17(2)18-8-29-20(18)19(18,27-16(23)31-20)10-5-9(3-4-13(10)30-17)26-15(28)12-7-24-11(6-25-12)14(21)22/h3-7,14H,8H2,1-2H3,(H2,23,27)(H,26,28). The Kier molecular flexibility index (Phi) is 3.14. The number of benzene rings is 1. The number of aliphatic imine (C=N–C) groups is 1. The minimum atomic E-state index is -2.76. The van der Waals surface area contributed by atoms with Crippen molar-refractivity contribution in [3.63, 3.8) is 0 Å². The van der Waals surface area contributed by atoms with Crippen LogP contribution in [0.25, 0.3) is 0 Å². The topological polar surface area (TPSA) is 121 Å². The molecular weight excluding hydrogens is 412 g/mol. The Hall–Kier alpha value is -3.34. The molecule has 3 unspecified atom stereocenters. The van der Waals surface area contributed by atoms with Crippen molar-refractivity contribution in [1.29, 1.82) is 0 Å². The lowest BCUT2D eigenvalue weighted by atomic mass is 9.77. The Morgan fingerprint density at radius 3 is 2.68 bits per heavy atom. The van der Waals surface area contributed by atoms with Crippen LogP contribution in [0, 0.1) is 5.41 Å². The maximum Gasteiger partial charge on any atom is 0.285 e. The molecule has 160 valence electrons. The Morgan fingerprint density at radius 1 is 1.23 bits per heavy atom. The molecule has 11 heteroatoms. The van der Waals surface area contributed by atoms with Gasteiger partial charge in [-0.05, 0) is 32.0 Å². The molecule has 1 amide bonds. The zero-order valence-electron chi connectivity index (χ0n) is 16.5. The number of amides is 1. The van der Waals surface area contributed by atoms with Crippen LogP contribution in [-0.2, 0) is 15.0 Å². The highest BCUT2D eigenvalue weighted by atomic mass is 19.3. The van der Waals surface area contributed by atoms with E-state index in [0.717, 1.165) is 12.4 Å². The largest absolute Gasteiger partial charge is 0.486 e. The molecule has 3 atom stereocenters. The maximum atomic E-state index is 12.6. The summed E-state index contributed by atoms with van der Waals surface area (Å²) in [6.07, 6.45) is -0.874. The minimum Gasteiger partial charge on any atom is -0.486 e. The number of fused-ring (bicyclic) bond motifs is 1. The Labute approximate surface area is 174 Å². The highest BCUT2D eigenvalue weighted by Gasteiger charge is 3.06. The monoisotopic (exact) mass is 429 g/mol. The number of nitrogens with zero attached hydrogens (tertiary/aromatic N) is 3. The van der Waals surface area contributed by atoms with Gasteiger partial charge in [-0.15, -0.1) is 0 Å². The van der Waals surface area contributed by atoms with Crippen molar-refractivity contribution >= 4 is 17.6 Å². The first-order chi connectivity index (χ1) is 14.7. The van der Waals surface area contributed by atoms with Crippen LogP contribution >= 0.6 is 0 Å². The number of anilines is 1. The molecule has 0 bridgehead atoms. The number of hydrogen-bond donors (Lipinski definition) is 2. The van der Waals surface area contributed by atoms with Gasteiger partial charge in [-0.2, -0.15) is 0 Å². The van der Waals surface area contributed by atoms with Crippen LogP contribution in [0.3, 0.4) is 0 Å². The van der Waals surface area contributed by atoms with Gasteiger partial charge in [0.15, 0.2) is 5.54 Å². The second-order valence-electron chi connectivity index (χ2n) is 8.48. The summed E-state index contributed by atoms with van der Waals surface area (Å²) in [6, 6.07) is 5.18. The molecule has 0 radical (unpaired) electrons. The van der Waals surface area contributed by atoms with Crippen LogP contribution in [-0.4, -0.2) is 39.9 Å². The molecule has 2 fully saturated rings. The lowest BCUT2D eigenvalue weighted by Gasteiger charge is -2.45. The van der Waals surface area contributed by atoms with Crippen LogP contribution in [0.15, 0.2) is 35.6 Å². The van der Waals surface area contributed by atoms with Crippen molar-refractivity contribution in [2.75, 3.05) is 11.9 Å². The summed E-state index contributed by atoms with van der Waals surface area (Å²) in [5.74, 6) is -1.01. The van der Waals surface area contributed by atoms with E-state index in [1.54, 1.807) is 18.2 Å². The van der Waals surface area contributed by atoms with Crippen molar-refractivity contribution in [3.05, 3.63) is 47.5 Å². The number of alkyl halides is 2. The molecule has 1 saturated heterocycles. The molecule has 4 heterocycles. The summed E-state index contributed by atoms with van der Waals surface area (Å²) in [4.78, 5) is 24.5. The molecule has 1 saturated carbocycles. The molecular formula is C20H17F2N5O4. The fourth-order valence-corrected chi connectivity index (χ4v) is 5.38. The van der Waals surface area contributed by atoms with E-state index in [9.17, 15) is 13.6 Å². The third-order valence-electron chi connectivity index (χ3n) is 6.76. The third-order valence-corrected chi connectivity index (χ3v) is 6.76. The van der Waals surface area contributed by atoms with Gasteiger partial charge in [0, 0.05) is 11.3 Å². The van der Waals surface area contributed by atoms with Crippen LogP contribution < -0.4 is 15.8 Å². The zero-order chi connectivity index (χ0) is 21.8. The van der Waals surface area contributed by atoms with E-state index < -0.39 is 40.4 Å². The molecule has 3 spiro atoms. The molecule has 1 aromatic heterocycles. The average Bonchev–Trinajstić information content (AvgIpc) is 2.92. The van der Waals surface area contributed by atoms with Gasteiger partial charge in [0.05, 0.1) is 19.0 Å². The molecule has 1 aliphatic carbocycles. The quantitative estimate of drug-likeness (QED) is 0.766. The normalized spacial score (nSPS) is 32.9. The summed E-state index contributed by atoms with van der Waals surface area (Å²) < 4.78 is 43.2. The van der Waals surface area contributed by atoms with Crippen LogP contribution in [0.1, 0.15) is 42.0 Å². The van der Waals surface area contributed by atoms with E-state index in [2.05, 4.69) is 20.3 Å². The molecule has 3 N–H and O–H groups in total. The van der Waals surface area contributed by atoms with Crippen molar-refractivity contribution < 1.29 is 27.8 Å². The van der Waals surface area contributed by atoms with Crippen LogP contribution in [0.5, 0.6) is 5.75 Å². The predicted molar refractivity (Wildman–Crippen MR) is 102 cm³/mol. The van der Waals surface area contributed by atoms with Gasteiger partial charge in [0.1, 0.15) is 28.2 Å². The fourth-order valence-electron chi connectivity index (χ4n) is 5.38. The maximum absolute atomic E-state index is 12.6. The molecule has 1 aromatic carbocycles. The van der Waals surface area contributed by atoms with Gasteiger partial charge in [-0.25, -0.2) is 18.8 Å². The second-order valence-corrected chi connectivity index (χ2v) is 8.48. The zero-order valence-corrected chi connectivity index (χ0v) is 16.5. The van der Waals surface area contributed by atoms with Gasteiger partial charge in [-0.3, -0.25) is 9.78 Å². The number of nitrogens with one attached hydrogen (secondary N) is 1. The smallest absolute Gasteiger partial charge is 0.285 e. The van der Waals surface area contributed by atoms with Gasteiger partial charge in [0.2, 0.25) is 0 Å². The highest BCUT2D eigenvalue weighted by molar-refractivity contribution is 6.02. The summed E-state index contributed by atoms with van der Waals surface area (Å²) in [7, 11) is 0. The first-order valence-corrected chi connectivity index (χ1v) is 9.61. The summed E-state index contributed by atoms with van der Waals surface area (Å²) in [6.45, 7) is 4.33. The summed E-state index contributed by atoms with van der Waals surface area (Å²) in [5, 5.41) is 2.70. The van der Waals surface area contributed by atoms with Gasteiger partial charge in [-0.1, -0.05) is 0 Å². The number of rotatable bonds is 3. The molecule has 4 aliphatic rings. The Morgan fingerprint density at radius 2 is 2.03 bits per heavy atom. The minimum absolute atomic E-state index is 0.0443. The third kappa shape index (κ3) is 1.85. The highest BCUT2D eigenvalue weighted by Crippen LogP contribution is 2.89. The van der Waals surface area contributed by atoms with Crippen molar-refractivity contribution in [2.45, 2.75) is 37.2 Å². The number of aromatic nitrogens is 2. The van der Waals surface area contributed by atoms with E-state index in [1.807, 2.05) is 13.8 Å². The first kappa shape index (κ1) is 18.4. The second kappa shape index (κ2) is 5.28. The van der Waals surface area contributed by atoms with Crippen molar-refractivity contribution in [3.8, 4) is 5.75 Å². The van der Waals surface area contributed by atoms with Crippen LogP contribution in [0.2, 0.25) is 0 Å². The summed E-state index contributed by atoms with van der Waals surface area (Å²) >= 11 is 0. The summed E-state index contributed by atoms with van der Waals surface area (Å²) in [5.41, 5.74) is 4.42. The molecule has 3 aliphatic heterocycles. The fraction of sp³-hybridized carbons (Fsp3) is 0.400. The Bertz CT molecular complexity index is 1190. The number of nitrogens with two attached hydrogens (primary N) is 1. The van der Waals surface area contributed by atoms with E-state index in [-0.39, 0.29) is 11.7 Å². The molecule has 2 aromatic rings. The SMILES string of the molecule is CC1(C)Oc2ccc(NC(=O)c3cnc(C(F)F)cn3)cc2C23N=C(N)OC24OCC143. The van der Waals surface area contributed by atoms with E-state index in [4.69, 9.17) is 19.9 Å². The number of amidine groups is 1. The van der Waals surface area contributed by atoms with E-state index >= 15 is 0 Å². The van der Waals surface area contributed by atoms with Crippen LogP contribution in [0.4, 0.5) is 14.5 Å². The number of halogens is 2. The lowest BCUT2D eigenvalue weighted by molar-refractivity contribution is -0.263. The number of ether oxygens (including phenoxy) is 3. The Balaban J connectivity index is 1.36. The van der Waals surface area contributed by atoms with Crippen molar-refractivity contribution in [1.82, 2.24) is 9.97 Å². The number of hydrogen-bond acceptors (Lipinski definition) is 8. The molecule has 6 rings (SSSR count). The predicted octanol–water partition coefficient (Wildman–Crippen LogP) is 2.10. The van der Waals surface area contributed by atoms with Gasteiger partial charge < -0.3 is 25.3 Å². The van der Waals surface area contributed by atoms with E-state index in [0.29, 0.717) is 23.6 Å².